The lowest BCUT2D eigenvalue weighted by Gasteiger charge is -2.50. The molecule has 9 rings (SSSR count). The van der Waals surface area contributed by atoms with Gasteiger partial charge in [0.25, 0.3) is 14.2 Å². The fourth-order valence-electron chi connectivity index (χ4n) is 16.0. The van der Waals surface area contributed by atoms with Crippen LogP contribution < -0.4 is 15.7 Å². The molecular formula is C101H138N4O15Si. The molecule has 2 aliphatic heterocycles. The molecule has 656 valence electrons. The molecule has 0 saturated carbocycles. The van der Waals surface area contributed by atoms with Crippen molar-refractivity contribution in [3.8, 4) is 0 Å². The summed E-state index contributed by atoms with van der Waals surface area (Å²) in [7, 11) is -2.11. The van der Waals surface area contributed by atoms with Crippen molar-refractivity contribution in [1.29, 1.82) is 0 Å². The first-order valence-corrected chi connectivity index (χ1v) is 46.8. The van der Waals surface area contributed by atoms with Crippen LogP contribution >= 0.6 is 0 Å². The Bertz CT molecular complexity index is 4030. The van der Waals surface area contributed by atoms with Gasteiger partial charge in [-0.15, -0.1) is 0 Å². The number of carbonyl (C=O) groups is 3. The molecule has 2 aliphatic rings. The Hall–Kier alpha value is -8.18. The second-order valence-corrected chi connectivity index (χ2v) is 38.7. The highest BCUT2D eigenvalue weighted by atomic mass is 28.4. The number of ether oxygens (including phenoxy) is 11. The molecule has 0 aromatic heterocycles. The minimum Gasteiger partial charge on any atom is -0.467 e. The van der Waals surface area contributed by atoms with E-state index in [0.717, 1.165) is 89.6 Å². The topological polar surface area (TPSA) is 223 Å². The van der Waals surface area contributed by atoms with E-state index in [1.807, 2.05) is 194 Å². The van der Waals surface area contributed by atoms with Crippen LogP contribution in [0.1, 0.15) is 231 Å². The minimum atomic E-state index is -3.37. The van der Waals surface area contributed by atoms with Gasteiger partial charge in [-0.3, -0.25) is 9.59 Å². The third-order valence-corrected chi connectivity index (χ3v) is 27.8. The number of rotatable bonds is 55. The van der Waals surface area contributed by atoms with E-state index < -0.39 is 116 Å². The Morgan fingerprint density at radius 2 is 0.901 bits per heavy atom. The van der Waals surface area contributed by atoms with Crippen LogP contribution in [0.2, 0.25) is 5.04 Å². The first kappa shape index (κ1) is 96.6. The quantitative estimate of drug-likeness (QED) is 0.00712. The van der Waals surface area contributed by atoms with Crippen LogP contribution in [0.5, 0.6) is 0 Å². The van der Waals surface area contributed by atoms with Crippen molar-refractivity contribution in [3.63, 3.8) is 0 Å². The zero-order valence-electron chi connectivity index (χ0n) is 73.5. The number of allylic oxidation sites excluding steroid dienone is 1. The first-order chi connectivity index (χ1) is 58.9. The van der Waals surface area contributed by atoms with Gasteiger partial charge < -0.3 is 61.8 Å². The van der Waals surface area contributed by atoms with Gasteiger partial charge in [-0.1, -0.05) is 386 Å². The van der Waals surface area contributed by atoms with Crippen molar-refractivity contribution in [3.05, 3.63) is 263 Å². The molecule has 1 N–H and O–H groups in total. The highest BCUT2D eigenvalue weighted by Crippen LogP contribution is 2.41. The van der Waals surface area contributed by atoms with Gasteiger partial charge in [0.15, 0.2) is 24.8 Å². The summed E-state index contributed by atoms with van der Waals surface area (Å²) in [6.07, 6.45) is 15.1. The summed E-state index contributed by atoms with van der Waals surface area (Å²) < 4.78 is 85.1. The summed E-state index contributed by atoms with van der Waals surface area (Å²) in [4.78, 5) is 48.6. The number of hydrogen-bond acceptors (Lipinski definition) is 16. The number of esters is 2. The second kappa shape index (κ2) is 53.1. The van der Waals surface area contributed by atoms with E-state index in [2.05, 4.69) is 80.3 Å². The summed E-state index contributed by atoms with van der Waals surface area (Å²) >= 11 is 0. The molecule has 2 saturated heterocycles. The molecule has 0 radical (unpaired) electrons. The standard InChI is InChI=1S/C101H138N4O15Si/c1-10-12-14-16-18-20-22-23-24-26-27-29-52-68-85(110-70-77-54-38-31-39-55-77)84(103-95(106)86(118-99(108)100(3,4)5)69-53-30-28-25-21-19-17-15-13-11-2)75-115-98-94(114-74-81-62-46-35-47-63-81)91(113-73-80-60-44-34-45-61-80)92(93(120-98)96(107)109-9)119-97-88(104-105-102)90(112-72-79-58-42-33-43-59-79)89(111-71-78-56-40-32-41-57-78)87(117-97)76-116-121(101(6,7)8,82-64-48-36-49-65-82)83-66-50-37-51-67-83/h31-52,54-68,84-94,97-98H,10-30,53,69-76H2,1-9H3,(H,103,106)/b68-52+/t84-,85+,86-,87+,88+,89+,90+,91-,92-,93-,94+,97+,98-/m0/s1. The Morgan fingerprint density at radius 1 is 0.488 bits per heavy atom. The molecule has 2 fully saturated rings. The SMILES string of the molecule is CCCCCCCCCCCCC/C=C/[C@@H](OCc1ccccc1)[C@H](CO[C@H]1O[C@H](C(=O)OC)[C@@H](O[C@H]2O[C@H](CO[Si](c3ccccc3)(c3ccccc3)C(C)(C)C)[C@@H](OCc3ccccc3)[C@H](OCc3ccccc3)[C@H]2N=[N+]=[N-])[C@H](OCc2ccccc2)[C@H]1OCc1ccccc1)NC(=O)[C@H](CCCCCCCCCCCC)OC(=O)C(C)(C)C. The average molecular weight is 1680 g/mol. The van der Waals surface area contributed by atoms with Gasteiger partial charge in [-0.05, 0) is 95.2 Å². The lowest BCUT2D eigenvalue weighted by atomic mass is 9.95. The summed E-state index contributed by atoms with van der Waals surface area (Å²) in [5.41, 5.74) is 14.2. The van der Waals surface area contributed by atoms with E-state index in [-0.39, 0.29) is 52.7 Å². The summed E-state index contributed by atoms with van der Waals surface area (Å²) in [5, 5.41) is 9.46. The maximum absolute atomic E-state index is 15.6. The molecule has 0 bridgehead atoms. The largest absolute Gasteiger partial charge is 0.467 e. The molecule has 13 atom stereocenters. The molecule has 0 aliphatic carbocycles. The minimum absolute atomic E-state index is 0.0150. The fraction of sp³-hybridized carbons (Fsp3) is 0.535. The maximum Gasteiger partial charge on any atom is 0.337 e. The molecule has 0 spiro atoms. The molecule has 121 heavy (non-hydrogen) atoms. The van der Waals surface area contributed by atoms with Crippen LogP contribution in [0.25, 0.3) is 10.4 Å². The molecule has 20 heteroatoms. The molecule has 19 nitrogen and oxygen atoms in total. The van der Waals surface area contributed by atoms with Crippen LogP contribution in [0, 0.1) is 5.41 Å². The number of carbonyl (C=O) groups excluding carboxylic acids is 3. The van der Waals surface area contributed by atoms with Crippen LogP contribution in [0.3, 0.4) is 0 Å². The third-order valence-electron chi connectivity index (χ3n) is 22.8. The molecule has 7 aromatic carbocycles. The number of azide groups is 1. The predicted octanol–water partition coefficient (Wildman–Crippen LogP) is 21.2. The number of methoxy groups -OCH3 is 1. The van der Waals surface area contributed by atoms with Gasteiger partial charge in [-0.2, -0.15) is 0 Å². The third kappa shape index (κ3) is 31.5. The van der Waals surface area contributed by atoms with Gasteiger partial charge >= 0.3 is 11.9 Å². The van der Waals surface area contributed by atoms with Gasteiger partial charge in [0, 0.05) is 4.91 Å². The molecule has 2 heterocycles. The number of benzene rings is 7. The molecule has 7 aromatic rings. The lowest BCUT2D eigenvalue weighted by molar-refractivity contribution is -0.354. The number of unbranched alkanes of at least 4 members (excludes halogenated alkanes) is 20. The summed E-state index contributed by atoms with van der Waals surface area (Å²) in [5.74, 6) is -1.89. The number of nitrogens with zero attached hydrogens (tertiary/aromatic N) is 3. The lowest BCUT2D eigenvalue weighted by Crippen LogP contribution is -2.69. The highest BCUT2D eigenvalue weighted by molar-refractivity contribution is 6.99. The number of amides is 1. The van der Waals surface area contributed by atoms with E-state index >= 15 is 9.59 Å². The van der Waals surface area contributed by atoms with Gasteiger partial charge in [0.2, 0.25) is 0 Å². The maximum atomic E-state index is 15.6. The zero-order chi connectivity index (χ0) is 85.8. The number of nitrogens with one attached hydrogen (secondary N) is 1. The monoisotopic (exact) mass is 1670 g/mol. The van der Waals surface area contributed by atoms with Crippen LogP contribution in [-0.2, 0) is 104 Å². The van der Waals surface area contributed by atoms with Crippen LogP contribution in [-0.4, -0.2) is 126 Å². The highest BCUT2D eigenvalue weighted by Gasteiger charge is 2.58. The van der Waals surface area contributed by atoms with E-state index in [0.29, 0.717) is 6.42 Å². The van der Waals surface area contributed by atoms with Crippen molar-refractivity contribution in [2.75, 3.05) is 20.3 Å². The van der Waals surface area contributed by atoms with Crippen molar-refractivity contribution in [2.45, 2.75) is 321 Å². The molecule has 0 unspecified atom stereocenters. The Balaban J connectivity index is 1.14. The average Bonchev–Trinajstić information content (AvgIpc) is 0.742. The van der Waals surface area contributed by atoms with Crippen molar-refractivity contribution < 1.29 is 70.9 Å². The predicted molar refractivity (Wildman–Crippen MR) is 480 cm³/mol. The second-order valence-electron chi connectivity index (χ2n) is 34.4. The van der Waals surface area contributed by atoms with Crippen molar-refractivity contribution in [2.24, 2.45) is 10.5 Å². The Kier molecular flexibility index (Phi) is 42.4. The van der Waals surface area contributed by atoms with Gasteiger partial charge in [0.1, 0.15) is 42.7 Å². The number of hydrogen-bond donors (Lipinski definition) is 1. The summed E-state index contributed by atoms with van der Waals surface area (Å²) in [6, 6.07) is 66.8. The van der Waals surface area contributed by atoms with E-state index in [4.69, 9.17) is 56.5 Å². The fourth-order valence-corrected chi connectivity index (χ4v) is 20.5. The van der Waals surface area contributed by atoms with Crippen LogP contribution in [0.4, 0.5) is 0 Å². The van der Waals surface area contributed by atoms with E-state index in [1.54, 1.807) is 20.8 Å². The van der Waals surface area contributed by atoms with Crippen molar-refractivity contribution >= 4 is 36.5 Å². The van der Waals surface area contributed by atoms with Crippen molar-refractivity contribution in [1.82, 2.24) is 5.32 Å². The van der Waals surface area contributed by atoms with E-state index in [1.165, 1.54) is 90.6 Å². The Morgan fingerprint density at radius 3 is 1.34 bits per heavy atom. The molecule has 1 amide bonds. The smallest absolute Gasteiger partial charge is 0.337 e. The van der Waals surface area contributed by atoms with Gasteiger partial charge in [0.05, 0.1) is 70.9 Å². The zero-order valence-corrected chi connectivity index (χ0v) is 74.5. The van der Waals surface area contributed by atoms with Crippen LogP contribution in [0.15, 0.2) is 230 Å². The van der Waals surface area contributed by atoms with E-state index in [9.17, 15) is 10.3 Å². The Labute approximate surface area is 723 Å². The normalized spacial score (nSPS) is 20.3. The summed E-state index contributed by atoms with van der Waals surface area (Å²) in [6.45, 7) is 16.3. The molecular weight excluding hydrogens is 1540 g/mol. The first-order valence-electron chi connectivity index (χ1n) is 44.8. The van der Waals surface area contributed by atoms with Gasteiger partial charge in [-0.25, -0.2) is 4.79 Å².